The summed E-state index contributed by atoms with van der Waals surface area (Å²) in [5.74, 6) is -2.08. The number of H-pyrrole nitrogens is 1. The molecule has 52 valence electrons. The van der Waals surface area contributed by atoms with Crippen molar-refractivity contribution in [2.24, 2.45) is 0 Å². The summed E-state index contributed by atoms with van der Waals surface area (Å²) < 4.78 is 37.2. The average Bonchev–Trinajstić information content (AvgIpc) is 2.45. The Kier molecular flexibility index (Phi) is 0.482. The molecule has 0 bridgehead atoms. The molecule has 3 nitrogen and oxygen atoms in total. The molecule has 0 amide bonds. The highest BCUT2D eigenvalue weighted by atomic mass is 16.1. The average molecular weight is 141 g/mol. The predicted octanol–water partition coefficient (Wildman–Crippen LogP) is 0.647. The SMILES string of the molecule is [2H]C1([2H])C([2H])([2H])C1([2H])c1cncc(=O)[nH]1. The summed E-state index contributed by atoms with van der Waals surface area (Å²) in [5, 5.41) is 0. The first-order chi connectivity index (χ1) is 6.75. The molecule has 0 atom stereocenters. The van der Waals surface area contributed by atoms with Crippen molar-refractivity contribution in [1.82, 2.24) is 9.97 Å². The second-order valence-corrected chi connectivity index (χ2v) is 1.94. The van der Waals surface area contributed by atoms with Crippen molar-refractivity contribution >= 4 is 0 Å². The Morgan fingerprint density at radius 1 is 1.80 bits per heavy atom. The molecule has 0 aromatic carbocycles. The Labute approximate surface area is 65.1 Å². The van der Waals surface area contributed by atoms with Crippen molar-refractivity contribution < 1.29 is 6.85 Å². The van der Waals surface area contributed by atoms with Gasteiger partial charge in [0.05, 0.1) is 6.20 Å². The quantitative estimate of drug-likeness (QED) is 0.624. The van der Waals surface area contributed by atoms with E-state index in [1.54, 1.807) is 0 Å². The van der Waals surface area contributed by atoms with Crippen molar-refractivity contribution in [1.29, 1.82) is 0 Å². The minimum Gasteiger partial charge on any atom is -0.323 e. The molecule has 1 fully saturated rings. The van der Waals surface area contributed by atoms with Crippen LogP contribution in [0, 0.1) is 0 Å². The number of nitrogens with zero attached hydrogens (tertiary/aromatic N) is 1. The van der Waals surface area contributed by atoms with Gasteiger partial charge in [0.15, 0.2) is 0 Å². The van der Waals surface area contributed by atoms with Gasteiger partial charge in [-0.15, -0.1) is 0 Å². The van der Waals surface area contributed by atoms with Crippen molar-refractivity contribution in [2.45, 2.75) is 18.6 Å². The number of hydrogen-bond donors (Lipinski definition) is 1. The van der Waals surface area contributed by atoms with Crippen molar-refractivity contribution in [3.05, 3.63) is 28.4 Å². The summed E-state index contributed by atoms with van der Waals surface area (Å²) >= 11 is 0. The minimum absolute atomic E-state index is 0.134. The maximum absolute atomic E-state index is 10.9. The maximum atomic E-state index is 10.9. The third-order valence-electron chi connectivity index (χ3n) is 1.17. The second kappa shape index (κ2) is 1.94. The third-order valence-corrected chi connectivity index (χ3v) is 1.17. The van der Waals surface area contributed by atoms with E-state index in [-0.39, 0.29) is 5.69 Å². The summed E-state index contributed by atoms with van der Waals surface area (Å²) in [6.45, 7) is 0. The number of rotatable bonds is 1. The van der Waals surface area contributed by atoms with Crippen LogP contribution in [0.25, 0.3) is 0 Å². The van der Waals surface area contributed by atoms with Crippen LogP contribution in [0.15, 0.2) is 17.2 Å². The smallest absolute Gasteiger partial charge is 0.266 e. The summed E-state index contributed by atoms with van der Waals surface area (Å²) in [7, 11) is 0. The largest absolute Gasteiger partial charge is 0.323 e. The monoisotopic (exact) mass is 141 g/mol. The Bertz CT molecular complexity index is 454. The van der Waals surface area contributed by atoms with Gasteiger partial charge in [-0.05, 0) is 12.7 Å². The first-order valence-electron chi connectivity index (χ1n) is 5.30. The molecule has 1 N–H and O–H groups in total. The highest BCUT2D eigenvalue weighted by molar-refractivity contribution is 5.09. The van der Waals surface area contributed by atoms with Crippen LogP contribution in [-0.4, -0.2) is 9.97 Å². The van der Waals surface area contributed by atoms with Gasteiger partial charge in [-0.2, -0.15) is 0 Å². The van der Waals surface area contributed by atoms with Gasteiger partial charge in [0.1, 0.15) is 0 Å². The first kappa shape index (κ1) is 2.49. The second-order valence-electron chi connectivity index (χ2n) is 1.94. The van der Waals surface area contributed by atoms with E-state index in [1.807, 2.05) is 0 Å². The van der Waals surface area contributed by atoms with Gasteiger partial charge in [0.2, 0.25) is 0 Å². The lowest BCUT2D eigenvalue weighted by Gasteiger charge is -1.92. The molecule has 1 aromatic heterocycles. The number of aromatic nitrogens is 2. The fraction of sp³-hybridized carbons (Fsp3) is 0.429. The molecule has 0 aliphatic heterocycles. The van der Waals surface area contributed by atoms with Crippen LogP contribution in [0.5, 0.6) is 0 Å². The zero-order valence-corrected chi connectivity index (χ0v) is 5.01. The van der Waals surface area contributed by atoms with Crippen molar-refractivity contribution in [2.75, 3.05) is 0 Å². The lowest BCUT2D eigenvalue weighted by Crippen LogP contribution is -2.07. The highest BCUT2D eigenvalue weighted by Crippen LogP contribution is 2.37. The predicted molar refractivity (Wildman–Crippen MR) is 36.8 cm³/mol. The Balaban J connectivity index is 2.55. The molecular weight excluding hydrogens is 128 g/mol. The molecule has 0 unspecified atom stereocenters. The van der Waals surface area contributed by atoms with E-state index in [2.05, 4.69) is 9.97 Å². The molecule has 1 aromatic rings. The van der Waals surface area contributed by atoms with E-state index < -0.39 is 24.2 Å². The lowest BCUT2D eigenvalue weighted by molar-refractivity contribution is 0.962. The van der Waals surface area contributed by atoms with E-state index in [0.29, 0.717) is 0 Å². The molecule has 0 radical (unpaired) electrons. The number of nitrogens with one attached hydrogen (secondary N) is 1. The summed E-state index contributed by atoms with van der Waals surface area (Å²) in [4.78, 5) is 16.7. The van der Waals surface area contributed by atoms with Crippen LogP contribution in [0.4, 0.5) is 0 Å². The summed E-state index contributed by atoms with van der Waals surface area (Å²) in [6.07, 6.45) is -2.53. The standard InChI is InChI=1S/C7H8N2O/c10-7-4-8-3-6(9-7)5-1-2-5/h3-5H,1-2H2,(H,9,10)/i1D2,2D2,5D. The fourth-order valence-corrected chi connectivity index (χ4v) is 0.670. The molecule has 1 heterocycles. The van der Waals surface area contributed by atoms with Gasteiger partial charge in [0, 0.05) is 24.6 Å². The van der Waals surface area contributed by atoms with Crippen LogP contribution in [0.1, 0.15) is 31.2 Å². The van der Waals surface area contributed by atoms with Crippen LogP contribution in [-0.2, 0) is 0 Å². The molecule has 1 aliphatic rings. The molecule has 3 heteroatoms. The summed E-state index contributed by atoms with van der Waals surface area (Å²) in [6, 6.07) is 0. The number of hydrogen-bond acceptors (Lipinski definition) is 2. The van der Waals surface area contributed by atoms with E-state index in [9.17, 15) is 4.79 Å². The maximum Gasteiger partial charge on any atom is 0.266 e. The van der Waals surface area contributed by atoms with Gasteiger partial charge in [-0.3, -0.25) is 9.78 Å². The van der Waals surface area contributed by atoms with Gasteiger partial charge >= 0.3 is 0 Å². The fourth-order valence-electron chi connectivity index (χ4n) is 0.670. The van der Waals surface area contributed by atoms with Crippen LogP contribution < -0.4 is 5.56 Å². The van der Waals surface area contributed by atoms with Crippen molar-refractivity contribution in [3.63, 3.8) is 0 Å². The van der Waals surface area contributed by atoms with Crippen molar-refractivity contribution in [3.8, 4) is 0 Å². The normalized spacial score (nSPS) is 37.8. The van der Waals surface area contributed by atoms with E-state index in [1.165, 1.54) is 0 Å². The van der Waals surface area contributed by atoms with Crippen LogP contribution in [0.3, 0.4) is 0 Å². The molecule has 10 heavy (non-hydrogen) atoms. The van der Waals surface area contributed by atoms with Gasteiger partial charge < -0.3 is 4.98 Å². The minimum atomic E-state index is -2.31. The van der Waals surface area contributed by atoms with Crippen LogP contribution >= 0.6 is 0 Å². The van der Waals surface area contributed by atoms with Gasteiger partial charge in [-0.25, -0.2) is 0 Å². The van der Waals surface area contributed by atoms with Crippen LogP contribution in [0.2, 0.25) is 0 Å². The van der Waals surface area contributed by atoms with Gasteiger partial charge in [-0.1, -0.05) is 0 Å². The molecule has 0 spiro atoms. The summed E-state index contributed by atoms with van der Waals surface area (Å²) in [5.41, 5.74) is -0.706. The van der Waals surface area contributed by atoms with E-state index in [0.717, 1.165) is 12.4 Å². The van der Waals surface area contributed by atoms with E-state index >= 15 is 0 Å². The number of aromatic amines is 1. The zero-order valence-electron chi connectivity index (χ0n) is 10.0. The van der Waals surface area contributed by atoms with Gasteiger partial charge in [0.25, 0.3) is 5.56 Å². The Morgan fingerprint density at radius 3 is 3.20 bits per heavy atom. The van der Waals surface area contributed by atoms with E-state index in [4.69, 9.17) is 6.85 Å². The first-order valence-corrected chi connectivity index (χ1v) is 2.80. The molecular formula is C7H8N2O. The highest BCUT2D eigenvalue weighted by Gasteiger charge is 2.24. The zero-order chi connectivity index (χ0) is 11.5. The Hall–Kier alpha value is -1.12. The third kappa shape index (κ3) is 0.943. The molecule has 0 saturated heterocycles. The Morgan fingerprint density at radius 2 is 2.60 bits per heavy atom. The lowest BCUT2D eigenvalue weighted by atomic mass is 10.3. The molecule has 2 rings (SSSR count). The molecule has 1 aliphatic carbocycles. The topological polar surface area (TPSA) is 45.8 Å². The molecule has 1 saturated carbocycles.